The Morgan fingerprint density at radius 3 is 3.00 bits per heavy atom. The van der Waals surface area contributed by atoms with Crippen LogP contribution in [0.15, 0.2) is 12.2 Å². The van der Waals surface area contributed by atoms with Gasteiger partial charge >= 0.3 is 5.97 Å². The fourth-order valence-electron chi connectivity index (χ4n) is 1.40. The molecule has 2 atom stereocenters. The molecule has 80 valence electrons. The van der Waals surface area contributed by atoms with Crippen LogP contribution in [0.4, 0.5) is 0 Å². The number of rotatable bonds is 3. The summed E-state index contributed by atoms with van der Waals surface area (Å²) < 4.78 is 9.76. The Balaban J connectivity index is 2.35. The number of carbonyl (C=O) groups is 1. The monoisotopic (exact) mass is 200 g/mol. The van der Waals surface area contributed by atoms with E-state index in [2.05, 4.69) is 4.74 Å². The van der Waals surface area contributed by atoms with Crippen molar-refractivity contribution in [3.8, 4) is 0 Å². The highest BCUT2D eigenvalue weighted by atomic mass is 16.5. The summed E-state index contributed by atoms with van der Waals surface area (Å²) in [4.78, 5) is 10.7. The van der Waals surface area contributed by atoms with Gasteiger partial charge in [0.15, 0.2) is 0 Å². The van der Waals surface area contributed by atoms with E-state index in [1.807, 2.05) is 0 Å². The predicted molar refractivity (Wildman–Crippen MR) is 50.8 cm³/mol. The molecule has 1 fully saturated rings. The standard InChI is InChI=1S/C10H16O4/c1-13-10(12)6-5-8(11)9-4-2-3-7-14-9/h5-6,8-9,11H,2-4,7H2,1H3/b6-5+. The van der Waals surface area contributed by atoms with Crippen molar-refractivity contribution in [2.45, 2.75) is 31.5 Å². The lowest BCUT2D eigenvalue weighted by Crippen LogP contribution is -2.30. The topological polar surface area (TPSA) is 55.8 Å². The molecule has 1 aliphatic heterocycles. The van der Waals surface area contributed by atoms with Crippen LogP contribution in [0.3, 0.4) is 0 Å². The van der Waals surface area contributed by atoms with Crippen LogP contribution in [-0.4, -0.2) is 37.0 Å². The normalized spacial score (nSPS) is 24.9. The molecule has 1 rings (SSSR count). The molecule has 0 bridgehead atoms. The lowest BCUT2D eigenvalue weighted by molar-refractivity contribution is -0.134. The molecule has 1 heterocycles. The third-order valence-electron chi connectivity index (χ3n) is 2.23. The Labute approximate surface area is 83.5 Å². The summed E-state index contributed by atoms with van der Waals surface area (Å²) in [5, 5.41) is 9.60. The number of aliphatic hydroxyl groups excluding tert-OH is 1. The molecule has 0 spiro atoms. The van der Waals surface area contributed by atoms with Crippen molar-refractivity contribution in [2.75, 3.05) is 13.7 Å². The average molecular weight is 200 g/mol. The van der Waals surface area contributed by atoms with Crippen LogP contribution in [0, 0.1) is 0 Å². The molecule has 4 nitrogen and oxygen atoms in total. The zero-order valence-corrected chi connectivity index (χ0v) is 8.31. The first-order chi connectivity index (χ1) is 6.74. The van der Waals surface area contributed by atoms with Crippen molar-refractivity contribution in [1.29, 1.82) is 0 Å². The van der Waals surface area contributed by atoms with E-state index >= 15 is 0 Å². The van der Waals surface area contributed by atoms with E-state index < -0.39 is 12.1 Å². The van der Waals surface area contributed by atoms with Crippen LogP contribution < -0.4 is 0 Å². The molecule has 0 aromatic heterocycles. The van der Waals surface area contributed by atoms with Crippen LogP contribution in [0.1, 0.15) is 19.3 Å². The molecular weight excluding hydrogens is 184 g/mol. The van der Waals surface area contributed by atoms with E-state index in [9.17, 15) is 9.90 Å². The van der Waals surface area contributed by atoms with Crippen molar-refractivity contribution in [2.24, 2.45) is 0 Å². The molecule has 1 N–H and O–H groups in total. The maximum absolute atomic E-state index is 10.7. The molecule has 2 unspecified atom stereocenters. The van der Waals surface area contributed by atoms with Crippen molar-refractivity contribution in [1.82, 2.24) is 0 Å². The van der Waals surface area contributed by atoms with Gasteiger partial charge in [-0.2, -0.15) is 0 Å². The summed E-state index contributed by atoms with van der Waals surface area (Å²) in [5.41, 5.74) is 0. The summed E-state index contributed by atoms with van der Waals surface area (Å²) in [5.74, 6) is -0.458. The van der Waals surface area contributed by atoms with E-state index in [0.717, 1.165) is 19.3 Å². The largest absolute Gasteiger partial charge is 0.466 e. The first kappa shape index (κ1) is 11.2. The number of ether oxygens (including phenoxy) is 2. The smallest absolute Gasteiger partial charge is 0.330 e. The molecule has 0 aromatic carbocycles. The van der Waals surface area contributed by atoms with E-state index in [0.29, 0.717) is 6.61 Å². The van der Waals surface area contributed by atoms with Crippen LogP contribution >= 0.6 is 0 Å². The number of hydrogen-bond acceptors (Lipinski definition) is 4. The van der Waals surface area contributed by atoms with Gasteiger partial charge in [0.1, 0.15) is 0 Å². The maximum atomic E-state index is 10.7. The van der Waals surface area contributed by atoms with Crippen molar-refractivity contribution >= 4 is 5.97 Å². The fourth-order valence-corrected chi connectivity index (χ4v) is 1.40. The highest BCUT2D eigenvalue weighted by Gasteiger charge is 2.20. The van der Waals surface area contributed by atoms with E-state index in [4.69, 9.17) is 4.74 Å². The molecule has 0 aromatic rings. The molecule has 0 aliphatic carbocycles. The van der Waals surface area contributed by atoms with Gasteiger partial charge < -0.3 is 14.6 Å². The van der Waals surface area contributed by atoms with E-state index in [1.165, 1.54) is 19.3 Å². The number of hydrogen-bond donors (Lipinski definition) is 1. The van der Waals surface area contributed by atoms with Gasteiger partial charge in [-0.25, -0.2) is 4.79 Å². The molecule has 0 amide bonds. The SMILES string of the molecule is COC(=O)/C=C/C(O)C1CCCCO1. The number of methoxy groups -OCH3 is 1. The molecule has 1 saturated heterocycles. The Kier molecular flexibility index (Phi) is 4.62. The summed E-state index contributed by atoms with van der Waals surface area (Å²) in [6, 6.07) is 0. The maximum Gasteiger partial charge on any atom is 0.330 e. The Morgan fingerprint density at radius 2 is 2.43 bits per heavy atom. The lowest BCUT2D eigenvalue weighted by Gasteiger charge is -2.25. The van der Waals surface area contributed by atoms with Gasteiger partial charge in [-0.3, -0.25) is 0 Å². The molecular formula is C10H16O4. The van der Waals surface area contributed by atoms with Crippen molar-refractivity contribution < 1.29 is 19.4 Å². The lowest BCUT2D eigenvalue weighted by atomic mass is 10.0. The van der Waals surface area contributed by atoms with Gasteiger partial charge in [-0.1, -0.05) is 0 Å². The number of aliphatic hydroxyl groups is 1. The van der Waals surface area contributed by atoms with Gasteiger partial charge in [-0.15, -0.1) is 0 Å². The van der Waals surface area contributed by atoms with E-state index in [1.54, 1.807) is 0 Å². The second-order valence-electron chi connectivity index (χ2n) is 3.28. The zero-order chi connectivity index (χ0) is 10.4. The third-order valence-corrected chi connectivity index (χ3v) is 2.23. The predicted octanol–water partition coefficient (Wildman–Crippen LogP) is 0.646. The molecule has 0 radical (unpaired) electrons. The first-order valence-electron chi connectivity index (χ1n) is 4.80. The highest BCUT2D eigenvalue weighted by molar-refractivity contribution is 5.81. The molecule has 4 heteroatoms. The fraction of sp³-hybridized carbons (Fsp3) is 0.700. The summed E-state index contributed by atoms with van der Waals surface area (Å²) in [6.07, 6.45) is 4.70. The average Bonchev–Trinajstić information content (AvgIpc) is 2.26. The quantitative estimate of drug-likeness (QED) is 0.536. The van der Waals surface area contributed by atoms with Gasteiger partial charge in [0.2, 0.25) is 0 Å². The summed E-state index contributed by atoms with van der Waals surface area (Å²) >= 11 is 0. The van der Waals surface area contributed by atoms with Gasteiger partial charge in [0.25, 0.3) is 0 Å². The van der Waals surface area contributed by atoms with Gasteiger partial charge in [0, 0.05) is 12.7 Å². The minimum atomic E-state index is -0.714. The van der Waals surface area contributed by atoms with Crippen LogP contribution in [0.25, 0.3) is 0 Å². The van der Waals surface area contributed by atoms with Crippen molar-refractivity contribution in [3.63, 3.8) is 0 Å². The molecule has 14 heavy (non-hydrogen) atoms. The second kappa shape index (κ2) is 5.78. The molecule has 0 saturated carbocycles. The van der Waals surface area contributed by atoms with Crippen LogP contribution in [0.5, 0.6) is 0 Å². The van der Waals surface area contributed by atoms with Crippen LogP contribution in [-0.2, 0) is 14.3 Å². The molecule has 1 aliphatic rings. The third kappa shape index (κ3) is 3.47. The number of carbonyl (C=O) groups excluding carboxylic acids is 1. The van der Waals surface area contributed by atoms with Gasteiger partial charge in [-0.05, 0) is 25.3 Å². The summed E-state index contributed by atoms with van der Waals surface area (Å²) in [6.45, 7) is 0.688. The van der Waals surface area contributed by atoms with Gasteiger partial charge in [0.05, 0.1) is 19.3 Å². The summed E-state index contributed by atoms with van der Waals surface area (Å²) in [7, 11) is 1.30. The van der Waals surface area contributed by atoms with Crippen molar-refractivity contribution in [3.05, 3.63) is 12.2 Å². The second-order valence-corrected chi connectivity index (χ2v) is 3.28. The van der Waals surface area contributed by atoms with E-state index in [-0.39, 0.29) is 6.10 Å². The van der Waals surface area contributed by atoms with Crippen LogP contribution in [0.2, 0.25) is 0 Å². The first-order valence-corrected chi connectivity index (χ1v) is 4.80. The Bertz CT molecular complexity index is 206. The minimum absolute atomic E-state index is 0.176. The highest BCUT2D eigenvalue weighted by Crippen LogP contribution is 2.16. The number of esters is 1. The minimum Gasteiger partial charge on any atom is -0.466 e. The Hall–Kier alpha value is -0.870. The Morgan fingerprint density at radius 1 is 1.64 bits per heavy atom. The zero-order valence-electron chi connectivity index (χ0n) is 8.31.